The third-order valence-corrected chi connectivity index (χ3v) is 5.31. The Kier molecular flexibility index (Phi) is 4.35. The van der Waals surface area contributed by atoms with E-state index in [2.05, 4.69) is 46.0 Å². The molecule has 0 saturated carbocycles. The van der Waals surface area contributed by atoms with E-state index < -0.39 is 0 Å². The maximum atomic E-state index is 12.8. The minimum atomic E-state index is -0.327. The first kappa shape index (κ1) is 17.5. The summed E-state index contributed by atoms with van der Waals surface area (Å²) in [5.41, 5.74) is 2.73. The second-order valence-corrected chi connectivity index (χ2v) is 7.18. The van der Waals surface area contributed by atoms with Gasteiger partial charge in [-0.2, -0.15) is 0 Å². The average Bonchev–Trinajstić information content (AvgIpc) is 3.06. The monoisotopic (exact) mass is 368 g/mol. The summed E-state index contributed by atoms with van der Waals surface area (Å²) in [6.07, 6.45) is 1.57. The number of aryl methyl sites for hydroxylation is 3. The van der Waals surface area contributed by atoms with Gasteiger partial charge in [0.1, 0.15) is 0 Å². The smallest absolute Gasteiger partial charge is 0.333 e. The molecule has 0 unspecified atom stereocenters. The van der Waals surface area contributed by atoms with Crippen molar-refractivity contribution in [2.24, 2.45) is 14.1 Å². The molecule has 3 aromatic rings. The molecule has 27 heavy (non-hydrogen) atoms. The van der Waals surface area contributed by atoms with Gasteiger partial charge >= 0.3 is 5.69 Å². The van der Waals surface area contributed by atoms with Crippen molar-refractivity contribution < 1.29 is 0 Å². The van der Waals surface area contributed by atoms with Gasteiger partial charge in [-0.25, -0.2) is 14.3 Å². The number of fused-ring (bicyclic) bond motifs is 1. The van der Waals surface area contributed by atoms with E-state index in [9.17, 15) is 9.59 Å². The van der Waals surface area contributed by atoms with Crippen LogP contribution in [0.2, 0.25) is 0 Å². The molecule has 8 nitrogen and oxygen atoms in total. The van der Waals surface area contributed by atoms with E-state index in [1.54, 1.807) is 25.0 Å². The molecule has 1 fully saturated rings. The summed E-state index contributed by atoms with van der Waals surface area (Å²) in [7, 11) is 3.43. The summed E-state index contributed by atoms with van der Waals surface area (Å²) in [4.78, 5) is 34.1. The van der Waals surface area contributed by atoms with E-state index in [-0.39, 0.29) is 11.2 Å². The largest absolute Gasteiger partial charge is 0.369 e. The Morgan fingerprint density at radius 2 is 1.67 bits per heavy atom. The molecule has 0 bridgehead atoms. The van der Waals surface area contributed by atoms with E-state index in [1.165, 1.54) is 20.4 Å². The van der Waals surface area contributed by atoms with Gasteiger partial charge in [-0.1, -0.05) is 17.7 Å². The third-order valence-electron chi connectivity index (χ3n) is 5.31. The van der Waals surface area contributed by atoms with E-state index in [0.717, 1.165) is 26.2 Å². The lowest BCUT2D eigenvalue weighted by Gasteiger charge is -2.36. The number of piperazine rings is 1. The zero-order valence-electron chi connectivity index (χ0n) is 15.9. The van der Waals surface area contributed by atoms with Crippen LogP contribution < -0.4 is 16.1 Å². The summed E-state index contributed by atoms with van der Waals surface area (Å²) in [6, 6.07) is 8.52. The molecule has 1 saturated heterocycles. The van der Waals surface area contributed by atoms with Crippen LogP contribution in [-0.2, 0) is 20.8 Å². The van der Waals surface area contributed by atoms with Crippen molar-refractivity contribution in [1.82, 2.24) is 23.6 Å². The standard InChI is InChI=1S/C19H24N6O2/c1-14-4-6-15(7-5-14)24-10-8-23(9-11-24)13-25-18(26)16-17(20-12-21(16)2)22(3)19(25)27/h4-7,12H,8-11,13H2,1-3H3. The molecule has 1 aromatic carbocycles. The van der Waals surface area contributed by atoms with Gasteiger partial charge in [0.05, 0.1) is 13.0 Å². The van der Waals surface area contributed by atoms with Crippen LogP contribution in [0, 0.1) is 6.92 Å². The number of benzene rings is 1. The summed E-state index contributed by atoms with van der Waals surface area (Å²) in [6.45, 7) is 5.71. The number of hydrogen-bond donors (Lipinski definition) is 0. The molecule has 1 aliphatic rings. The third kappa shape index (κ3) is 3.06. The Bertz CT molecular complexity index is 1080. The SMILES string of the molecule is Cc1ccc(N2CCN(Cn3c(=O)c4c(ncn4C)n(C)c3=O)CC2)cc1. The predicted molar refractivity (Wildman–Crippen MR) is 105 cm³/mol. The lowest BCUT2D eigenvalue weighted by molar-refractivity contribution is 0.198. The second-order valence-electron chi connectivity index (χ2n) is 7.18. The van der Waals surface area contributed by atoms with Crippen LogP contribution in [0.5, 0.6) is 0 Å². The van der Waals surface area contributed by atoms with Gasteiger partial charge in [0.2, 0.25) is 0 Å². The van der Waals surface area contributed by atoms with Crippen LogP contribution in [0.4, 0.5) is 5.69 Å². The molecule has 4 rings (SSSR count). The Morgan fingerprint density at radius 1 is 1.00 bits per heavy atom. The van der Waals surface area contributed by atoms with Gasteiger partial charge in [-0.05, 0) is 19.1 Å². The van der Waals surface area contributed by atoms with Crippen molar-refractivity contribution in [2.45, 2.75) is 13.6 Å². The lowest BCUT2D eigenvalue weighted by atomic mass is 10.2. The van der Waals surface area contributed by atoms with Gasteiger partial charge in [0.15, 0.2) is 11.2 Å². The maximum Gasteiger partial charge on any atom is 0.333 e. The molecular weight excluding hydrogens is 344 g/mol. The second kappa shape index (κ2) is 6.70. The van der Waals surface area contributed by atoms with Gasteiger partial charge in [0.25, 0.3) is 5.56 Å². The lowest BCUT2D eigenvalue weighted by Crippen LogP contribution is -2.50. The highest BCUT2D eigenvalue weighted by Crippen LogP contribution is 2.17. The highest BCUT2D eigenvalue weighted by molar-refractivity contribution is 5.69. The molecule has 0 N–H and O–H groups in total. The van der Waals surface area contributed by atoms with E-state index >= 15 is 0 Å². The van der Waals surface area contributed by atoms with Crippen molar-refractivity contribution in [3.63, 3.8) is 0 Å². The van der Waals surface area contributed by atoms with Crippen LogP contribution in [0.1, 0.15) is 5.56 Å². The number of imidazole rings is 1. The Balaban J connectivity index is 1.54. The first-order valence-corrected chi connectivity index (χ1v) is 9.10. The molecule has 0 spiro atoms. The molecule has 0 atom stereocenters. The van der Waals surface area contributed by atoms with Crippen LogP contribution in [0.15, 0.2) is 40.2 Å². The number of aromatic nitrogens is 4. The van der Waals surface area contributed by atoms with Gasteiger partial charge in [0, 0.05) is 46.0 Å². The van der Waals surface area contributed by atoms with Crippen LogP contribution >= 0.6 is 0 Å². The highest BCUT2D eigenvalue weighted by Gasteiger charge is 2.21. The number of hydrogen-bond acceptors (Lipinski definition) is 5. The summed E-state index contributed by atoms with van der Waals surface area (Å²) in [5.74, 6) is 0. The van der Waals surface area contributed by atoms with Crippen molar-refractivity contribution >= 4 is 16.9 Å². The quantitative estimate of drug-likeness (QED) is 0.674. The van der Waals surface area contributed by atoms with Gasteiger partial charge in [-0.15, -0.1) is 0 Å². The number of anilines is 1. The normalized spacial score (nSPS) is 15.6. The Morgan fingerprint density at radius 3 is 2.33 bits per heavy atom. The molecule has 1 aliphatic heterocycles. The minimum Gasteiger partial charge on any atom is -0.369 e. The van der Waals surface area contributed by atoms with Crippen LogP contribution in [-0.4, -0.2) is 49.8 Å². The molecule has 0 amide bonds. The topological polar surface area (TPSA) is 68.3 Å². The van der Waals surface area contributed by atoms with Crippen molar-refractivity contribution in [3.05, 3.63) is 57.0 Å². The van der Waals surface area contributed by atoms with Crippen LogP contribution in [0.3, 0.4) is 0 Å². The fourth-order valence-corrected chi connectivity index (χ4v) is 3.62. The summed E-state index contributed by atoms with van der Waals surface area (Å²) < 4.78 is 4.42. The first-order chi connectivity index (χ1) is 13.0. The zero-order valence-corrected chi connectivity index (χ0v) is 15.9. The molecule has 142 valence electrons. The van der Waals surface area contributed by atoms with Crippen molar-refractivity contribution in [2.75, 3.05) is 31.1 Å². The molecule has 8 heteroatoms. The number of nitrogens with zero attached hydrogens (tertiary/aromatic N) is 6. The fourth-order valence-electron chi connectivity index (χ4n) is 3.62. The Labute approximate surface area is 156 Å². The fraction of sp³-hybridized carbons (Fsp3) is 0.421. The minimum absolute atomic E-state index is 0.283. The zero-order chi connectivity index (χ0) is 19.1. The van der Waals surface area contributed by atoms with Gasteiger partial charge in [-0.3, -0.25) is 14.3 Å². The Hall–Kier alpha value is -2.87. The maximum absolute atomic E-state index is 12.8. The van der Waals surface area contributed by atoms with Gasteiger partial charge < -0.3 is 9.47 Å². The molecule has 2 aromatic heterocycles. The highest BCUT2D eigenvalue weighted by atomic mass is 16.2. The van der Waals surface area contributed by atoms with Crippen molar-refractivity contribution in [3.8, 4) is 0 Å². The molecule has 3 heterocycles. The number of rotatable bonds is 3. The predicted octanol–water partition coefficient (Wildman–Crippen LogP) is 0.522. The summed E-state index contributed by atoms with van der Waals surface area (Å²) in [5, 5.41) is 0. The van der Waals surface area contributed by atoms with Crippen LogP contribution in [0.25, 0.3) is 11.2 Å². The average molecular weight is 368 g/mol. The van der Waals surface area contributed by atoms with E-state index in [4.69, 9.17) is 0 Å². The molecule has 0 radical (unpaired) electrons. The molecule has 0 aliphatic carbocycles. The summed E-state index contributed by atoms with van der Waals surface area (Å²) >= 11 is 0. The molecular formula is C19H24N6O2. The van der Waals surface area contributed by atoms with E-state index in [0.29, 0.717) is 17.8 Å². The first-order valence-electron chi connectivity index (χ1n) is 9.10. The van der Waals surface area contributed by atoms with Crippen molar-refractivity contribution in [1.29, 1.82) is 0 Å². The van der Waals surface area contributed by atoms with E-state index in [1.807, 2.05) is 0 Å².